The molecule has 1 amide bonds. The van der Waals surface area contributed by atoms with Gasteiger partial charge in [0, 0.05) is 24.5 Å². The van der Waals surface area contributed by atoms with Crippen LogP contribution in [0.25, 0.3) is 0 Å². The number of carbonyl (C=O) groups is 1. The van der Waals surface area contributed by atoms with Crippen molar-refractivity contribution in [2.75, 3.05) is 13.1 Å². The molecule has 5 nitrogen and oxygen atoms in total. The van der Waals surface area contributed by atoms with Crippen molar-refractivity contribution in [2.24, 2.45) is 5.92 Å². The summed E-state index contributed by atoms with van der Waals surface area (Å²) < 4.78 is 26.6. The van der Waals surface area contributed by atoms with Gasteiger partial charge in [-0.3, -0.25) is 4.79 Å². The predicted octanol–water partition coefficient (Wildman–Crippen LogP) is 3.10. The minimum absolute atomic E-state index is 0.0735. The molecule has 0 aliphatic heterocycles. The Labute approximate surface area is 149 Å². The zero-order valence-electron chi connectivity index (χ0n) is 13.8. The Bertz CT molecular complexity index is 643. The lowest BCUT2D eigenvalue weighted by Crippen LogP contribution is -2.31. The van der Waals surface area contributed by atoms with Crippen molar-refractivity contribution in [3.8, 4) is 0 Å². The minimum atomic E-state index is -3.63. The van der Waals surface area contributed by atoms with E-state index in [9.17, 15) is 13.2 Å². The first kappa shape index (κ1) is 19.2. The molecule has 0 saturated heterocycles. The average Bonchev–Trinajstić information content (AvgIpc) is 2.56. The van der Waals surface area contributed by atoms with E-state index in [2.05, 4.69) is 10.0 Å². The van der Waals surface area contributed by atoms with Gasteiger partial charge in [-0.1, -0.05) is 49.8 Å². The van der Waals surface area contributed by atoms with Crippen molar-refractivity contribution in [1.29, 1.82) is 0 Å². The van der Waals surface area contributed by atoms with Crippen LogP contribution in [0, 0.1) is 5.92 Å². The second kappa shape index (κ2) is 9.39. The Kier molecular flexibility index (Phi) is 7.52. The van der Waals surface area contributed by atoms with Crippen LogP contribution in [0.3, 0.4) is 0 Å². The smallest absolute Gasteiger partial charge is 0.240 e. The summed E-state index contributed by atoms with van der Waals surface area (Å²) in [6.45, 7) is 0.745. The van der Waals surface area contributed by atoms with E-state index < -0.39 is 10.0 Å². The van der Waals surface area contributed by atoms with Crippen molar-refractivity contribution >= 4 is 27.5 Å². The summed E-state index contributed by atoms with van der Waals surface area (Å²) in [5.74, 6) is 0.597. The molecule has 1 saturated carbocycles. The quantitative estimate of drug-likeness (QED) is 0.736. The van der Waals surface area contributed by atoms with Crippen LogP contribution in [-0.4, -0.2) is 27.4 Å². The molecule has 0 aromatic heterocycles. The second-order valence-electron chi connectivity index (χ2n) is 6.25. The maximum atomic E-state index is 12.1. The molecule has 2 rings (SSSR count). The Morgan fingerprint density at radius 1 is 1.17 bits per heavy atom. The first-order valence-electron chi connectivity index (χ1n) is 8.49. The van der Waals surface area contributed by atoms with Gasteiger partial charge in [-0.2, -0.15) is 0 Å². The SMILES string of the molecule is O=C(CCNS(=O)(=O)c1cccc(Cl)c1)NCCC1CCCCC1. The van der Waals surface area contributed by atoms with Gasteiger partial charge in [0.2, 0.25) is 15.9 Å². The van der Waals surface area contributed by atoms with Gasteiger partial charge >= 0.3 is 0 Å². The number of hydrogen-bond donors (Lipinski definition) is 2. The van der Waals surface area contributed by atoms with Gasteiger partial charge in [0.15, 0.2) is 0 Å². The Hall–Kier alpha value is -1.11. The normalized spacial score (nSPS) is 16.0. The number of carbonyl (C=O) groups excluding carboxylic acids is 1. The van der Waals surface area contributed by atoms with Crippen molar-refractivity contribution in [3.05, 3.63) is 29.3 Å². The fraction of sp³-hybridized carbons (Fsp3) is 0.588. The third kappa shape index (κ3) is 6.42. The average molecular weight is 373 g/mol. The molecular weight excluding hydrogens is 348 g/mol. The standard InChI is InChI=1S/C17H25ClN2O3S/c18-15-7-4-8-16(13-15)24(22,23)20-12-10-17(21)19-11-9-14-5-2-1-3-6-14/h4,7-8,13-14,20H,1-3,5-6,9-12H2,(H,19,21). The maximum Gasteiger partial charge on any atom is 0.240 e. The topological polar surface area (TPSA) is 75.3 Å². The number of halogens is 1. The van der Waals surface area contributed by atoms with Crippen LogP contribution in [-0.2, 0) is 14.8 Å². The van der Waals surface area contributed by atoms with E-state index in [1.807, 2.05) is 0 Å². The molecule has 1 aromatic rings. The van der Waals surface area contributed by atoms with E-state index in [-0.39, 0.29) is 23.8 Å². The van der Waals surface area contributed by atoms with Crippen LogP contribution in [0.15, 0.2) is 29.2 Å². The van der Waals surface area contributed by atoms with Gasteiger partial charge in [-0.15, -0.1) is 0 Å². The maximum absolute atomic E-state index is 12.1. The Morgan fingerprint density at radius 3 is 2.62 bits per heavy atom. The fourth-order valence-corrected chi connectivity index (χ4v) is 4.33. The predicted molar refractivity (Wildman–Crippen MR) is 95.5 cm³/mol. The third-order valence-electron chi connectivity index (χ3n) is 4.35. The number of nitrogens with one attached hydrogen (secondary N) is 2. The highest BCUT2D eigenvalue weighted by Crippen LogP contribution is 2.25. The van der Waals surface area contributed by atoms with E-state index in [1.165, 1.54) is 44.2 Å². The van der Waals surface area contributed by atoms with E-state index in [1.54, 1.807) is 12.1 Å². The van der Waals surface area contributed by atoms with E-state index >= 15 is 0 Å². The van der Waals surface area contributed by atoms with E-state index in [0.29, 0.717) is 11.6 Å². The number of hydrogen-bond acceptors (Lipinski definition) is 3. The molecular formula is C17H25ClN2O3S. The molecule has 0 atom stereocenters. The van der Waals surface area contributed by atoms with Crippen molar-refractivity contribution in [1.82, 2.24) is 10.0 Å². The number of amides is 1. The first-order chi connectivity index (χ1) is 11.5. The van der Waals surface area contributed by atoms with Crippen LogP contribution in [0.2, 0.25) is 5.02 Å². The van der Waals surface area contributed by atoms with Gasteiger partial charge in [0.05, 0.1) is 4.90 Å². The molecule has 134 valence electrons. The summed E-state index contributed by atoms with van der Waals surface area (Å²) in [7, 11) is -3.63. The summed E-state index contributed by atoms with van der Waals surface area (Å²) in [6, 6.07) is 6.04. The summed E-state index contributed by atoms with van der Waals surface area (Å²) in [6.07, 6.45) is 7.58. The van der Waals surface area contributed by atoms with E-state index in [4.69, 9.17) is 11.6 Å². The molecule has 1 aliphatic rings. The van der Waals surface area contributed by atoms with Gasteiger partial charge in [0.25, 0.3) is 0 Å². The zero-order valence-corrected chi connectivity index (χ0v) is 15.3. The monoisotopic (exact) mass is 372 g/mol. The second-order valence-corrected chi connectivity index (χ2v) is 8.45. The van der Waals surface area contributed by atoms with Crippen LogP contribution in [0.4, 0.5) is 0 Å². The molecule has 2 N–H and O–H groups in total. The zero-order chi connectivity index (χ0) is 17.4. The molecule has 0 heterocycles. The highest BCUT2D eigenvalue weighted by Gasteiger charge is 2.15. The van der Waals surface area contributed by atoms with Gasteiger partial charge in [-0.25, -0.2) is 13.1 Å². The molecule has 24 heavy (non-hydrogen) atoms. The summed E-state index contributed by atoms with van der Waals surface area (Å²) in [5, 5.41) is 3.23. The summed E-state index contributed by atoms with van der Waals surface area (Å²) in [4.78, 5) is 11.9. The number of benzene rings is 1. The van der Waals surface area contributed by atoms with Crippen LogP contribution in [0.5, 0.6) is 0 Å². The molecule has 1 fully saturated rings. The molecule has 0 spiro atoms. The molecule has 0 radical (unpaired) electrons. The van der Waals surface area contributed by atoms with Crippen LogP contribution >= 0.6 is 11.6 Å². The highest BCUT2D eigenvalue weighted by atomic mass is 35.5. The summed E-state index contributed by atoms with van der Waals surface area (Å²) in [5.41, 5.74) is 0. The fourth-order valence-electron chi connectivity index (χ4n) is 3.00. The molecule has 0 unspecified atom stereocenters. The van der Waals surface area contributed by atoms with E-state index in [0.717, 1.165) is 12.3 Å². The molecule has 7 heteroatoms. The van der Waals surface area contributed by atoms with Crippen LogP contribution < -0.4 is 10.0 Å². The molecule has 1 aromatic carbocycles. The van der Waals surface area contributed by atoms with Crippen molar-refractivity contribution in [3.63, 3.8) is 0 Å². The molecule has 1 aliphatic carbocycles. The summed E-state index contributed by atoms with van der Waals surface area (Å²) >= 11 is 5.80. The van der Waals surface area contributed by atoms with Gasteiger partial charge in [0.1, 0.15) is 0 Å². The lowest BCUT2D eigenvalue weighted by Gasteiger charge is -2.21. The highest BCUT2D eigenvalue weighted by molar-refractivity contribution is 7.89. The third-order valence-corrected chi connectivity index (χ3v) is 6.04. The number of sulfonamides is 1. The van der Waals surface area contributed by atoms with Gasteiger partial charge in [-0.05, 0) is 30.5 Å². The van der Waals surface area contributed by atoms with Gasteiger partial charge < -0.3 is 5.32 Å². The first-order valence-corrected chi connectivity index (χ1v) is 10.4. The van der Waals surface area contributed by atoms with Crippen molar-refractivity contribution < 1.29 is 13.2 Å². The van der Waals surface area contributed by atoms with Crippen molar-refractivity contribution in [2.45, 2.75) is 49.8 Å². The minimum Gasteiger partial charge on any atom is -0.356 e. The Balaban J connectivity index is 1.66. The largest absolute Gasteiger partial charge is 0.356 e. The lowest BCUT2D eigenvalue weighted by atomic mass is 9.87. The lowest BCUT2D eigenvalue weighted by molar-refractivity contribution is -0.120. The number of rotatable bonds is 8. The Morgan fingerprint density at radius 2 is 1.92 bits per heavy atom. The van der Waals surface area contributed by atoms with Crippen LogP contribution in [0.1, 0.15) is 44.9 Å². The molecule has 0 bridgehead atoms.